The molecule has 7 heteroatoms. The fraction of sp³-hybridized carbons (Fsp3) is 0. The zero-order chi connectivity index (χ0) is 13.0. The van der Waals surface area contributed by atoms with E-state index in [4.69, 9.17) is 10.4 Å². The Morgan fingerprint density at radius 2 is 2.11 bits per heavy atom. The minimum atomic E-state index is -1.01. The SMILES string of the molecule is N#Cc1cnc(Sc2cc(C(=O)O)ccn2)cn1. The normalized spacial score (nSPS) is 9.72. The summed E-state index contributed by atoms with van der Waals surface area (Å²) in [7, 11) is 0. The number of aromatic nitrogens is 3. The third kappa shape index (κ3) is 2.81. The molecule has 0 spiro atoms. The summed E-state index contributed by atoms with van der Waals surface area (Å²) in [6, 6.07) is 4.73. The molecule has 0 aliphatic carbocycles. The van der Waals surface area contributed by atoms with Gasteiger partial charge in [0.2, 0.25) is 0 Å². The summed E-state index contributed by atoms with van der Waals surface area (Å²) < 4.78 is 0. The third-order valence-electron chi connectivity index (χ3n) is 1.93. The summed E-state index contributed by atoms with van der Waals surface area (Å²) >= 11 is 1.18. The first-order valence-corrected chi connectivity index (χ1v) is 5.60. The molecule has 0 amide bonds. The number of pyridine rings is 1. The lowest BCUT2D eigenvalue weighted by Crippen LogP contribution is -1.97. The van der Waals surface area contributed by atoms with Crippen LogP contribution in [0, 0.1) is 11.3 Å². The Morgan fingerprint density at radius 3 is 2.72 bits per heavy atom. The van der Waals surface area contributed by atoms with E-state index < -0.39 is 5.97 Å². The lowest BCUT2D eigenvalue weighted by Gasteiger charge is -2.00. The number of carbonyl (C=O) groups is 1. The number of aromatic carboxylic acids is 1. The predicted molar refractivity (Wildman–Crippen MR) is 62.1 cm³/mol. The van der Waals surface area contributed by atoms with Gasteiger partial charge < -0.3 is 5.11 Å². The molecule has 6 nitrogen and oxygen atoms in total. The minimum Gasteiger partial charge on any atom is -0.478 e. The summed E-state index contributed by atoms with van der Waals surface area (Å²) in [4.78, 5) is 22.7. The molecule has 0 radical (unpaired) electrons. The smallest absolute Gasteiger partial charge is 0.335 e. The monoisotopic (exact) mass is 258 g/mol. The Bertz CT molecular complexity index is 622. The van der Waals surface area contributed by atoms with Gasteiger partial charge in [0.25, 0.3) is 0 Å². The van der Waals surface area contributed by atoms with Gasteiger partial charge in [0.05, 0.1) is 18.0 Å². The van der Waals surface area contributed by atoms with Crippen LogP contribution in [0.3, 0.4) is 0 Å². The van der Waals surface area contributed by atoms with Crippen LogP contribution in [-0.2, 0) is 0 Å². The van der Waals surface area contributed by atoms with Crippen molar-refractivity contribution in [3.05, 3.63) is 42.0 Å². The van der Waals surface area contributed by atoms with Gasteiger partial charge >= 0.3 is 5.97 Å². The highest BCUT2D eigenvalue weighted by atomic mass is 32.2. The van der Waals surface area contributed by atoms with Crippen molar-refractivity contribution in [1.29, 1.82) is 5.26 Å². The van der Waals surface area contributed by atoms with E-state index >= 15 is 0 Å². The molecule has 0 bridgehead atoms. The largest absolute Gasteiger partial charge is 0.478 e. The Balaban J connectivity index is 2.20. The van der Waals surface area contributed by atoms with Crippen molar-refractivity contribution < 1.29 is 9.90 Å². The molecular weight excluding hydrogens is 252 g/mol. The molecule has 2 heterocycles. The van der Waals surface area contributed by atoms with E-state index in [1.807, 2.05) is 6.07 Å². The third-order valence-corrected chi connectivity index (χ3v) is 2.79. The van der Waals surface area contributed by atoms with Gasteiger partial charge in [-0.15, -0.1) is 0 Å². The zero-order valence-corrected chi connectivity index (χ0v) is 9.76. The fourth-order valence-electron chi connectivity index (χ4n) is 1.13. The topological polar surface area (TPSA) is 99.8 Å². The van der Waals surface area contributed by atoms with Gasteiger partial charge in [-0.1, -0.05) is 0 Å². The zero-order valence-electron chi connectivity index (χ0n) is 8.94. The van der Waals surface area contributed by atoms with E-state index in [-0.39, 0.29) is 11.3 Å². The summed E-state index contributed by atoms with van der Waals surface area (Å²) in [5.41, 5.74) is 0.390. The number of nitriles is 1. The van der Waals surface area contributed by atoms with Crippen LogP contribution in [-0.4, -0.2) is 26.0 Å². The van der Waals surface area contributed by atoms with Gasteiger partial charge in [-0.25, -0.2) is 19.7 Å². The van der Waals surface area contributed by atoms with Gasteiger partial charge in [-0.05, 0) is 23.9 Å². The first kappa shape index (κ1) is 12.0. The van der Waals surface area contributed by atoms with E-state index in [0.29, 0.717) is 10.1 Å². The Hall–Kier alpha value is -2.46. The van der Waals surface area contributed by atoms with Crippen molar-refractivity contribution in [2.75, 3.05) is 0 Å². The maximum Gasteiger partial charge on any atom is 0.335 e. The molecule has 0 fully saturated rings. The molecular formula is C11H6N4O2S. The van der Waals surface area contributed by atoms with Gasteiger partial charge in [-0.2, -0.15) is 5.26 Å². The van der Waals surface area contributed by atoms with E-state index in [9.17, 15) is 4.79 Å². The van der Waals surface area contributed by atoms with Crippen LogP contribution in [0.1, 0.15) is 16.1 Å². The van der Waals surface area contributed by atoms with Crippen molar-refractivity contribution in [3.63, 3.8) is 0 Å². The second-order valence-electron chi connectivity index (χ2n) is 3.14. The van der Waals surface area contributed by atoms with E-state index in [2.05, 4.69) is 15.0 Å². The highest BCUT2D eigenvalue weighted by Crippen LogP contribution is 2.23. The highest BCUT2D eigenvalue weighted by molar-refractivity contribution is 7.99. The first-order valence-electron chi connectivity index (χ1n) is 4.78. The molecule has 2 aromatic rings. The van der Waals surface area contributed by atoms with Crippen molar-refractivity contribution in [1.82, 2.24) is 15.0 Å². The average Bonchev–Trinajstić information content (AvgIpc) is 2.40. The van der Waals surface area contributed by atoms with Crippen LogP contribution >= 0.6 is 11.8 Å². The van der Waals surface area contributed by atoms with Crippen LogP contribution in [0.25, 0.3) is 0 Å². The molecule has 18 heavy (non-hydrogen) atoms. The molecule has 0 aliphatic rings. The average molecular weight is 258 g/mol. The second-order valence-corrected chi connectivity index (χ2v) is 4.18. The Kier molecular flexibility index (Phi) is 3.50. The molecule has 0 saturated heterocycles. The van der Waals surface area contributed by atoms with Gasteiger partial charge in [0, 0.05) is 6.20 Å². The lowest BCUT2D eigenvalue weighted by molar-refractivity contribution is 0.0696. The Labute approximate surface area is 106 Å². The van der Waals surface area contributed by atoms with Crippen LogP contribution in [0.15, 0.2) is 40.8 Å². The summed E-state index contributed by atoms with van der Waals surface area (Å²) in [5, 5.41) is 18.5. The highest BCUT2D eigenvalue weighted by Gasteiger charge is 2.06. The summed E-state index contributed by atoms with van der Waals surface area (Å²) in [5.74, 6) is -1.01. The predicted octanol–water partition coefficient (Wildman–Crippen LogP) is 1.59. The van der Waals surface area contributed by atoms with Gasteiger partial charge in [-0.3, -0.25) is 0 Å². The van der Waals surface area contributed by atoms with Gasteiger partial charge in [0.1, 0.15) is 16.1 Å². The molecule has 1 N–H and O–H groups in total. The standard InChI is InChI=1S/C11H6N4O2S/c12-4-8-5-15-10(6-14-8)18-9-3-7(11(16)17)1-2-13-9/h1-3,5-6H,(H,16,17). The second kappa shape index (κ2) is 5.25. The molecule has 0 aliphatic heterocycles. The molecule has 0 aromatic carbocycles. The number of carboxylic acid groups (broad SMARTS) is 1. The molecule has 0 unspecified atom stereocenters. The van der Waals surface area contributed by atoms with E-state index in [1.54, 1.807) is 0 Å². The summed E-state index contributed by atoms with van der Waals surface area (Å²) in [6.45, 7) is 0. The maximum absolute atomic E-state index is 10.8. The van der Waals surface area contributed by atoms with E-state index in [0.717, 1.165) is 0 Å². The number of nitrogens with zero attached hydrogens (tertiary/aromatic N) is 4. The van der Waals surface area contributed by atoms with Crippen LogP contribution < -0.4 is 0 Å². The molecule has 0 saturated carbocycles. The number of hydrogen-bond acceptors (Lipinski definition) is 6. The minimum absolute atomic E-state index is 0.161. The molecule has 88 valence electrons. The number of hydrogen-bond donors (Lipinski definition) is 1. The molecule has 2 rings (SSSR count). The van der Waals surface area contributed by atoms with E-state index in [1.165, 1.54) is 42.5 Å². The van der Waals surface area contributed by atoms with Crippen molar-refractivity contribution in [2.24, 2.45) is 0 Å². The van der Waals surface area contributed by atoms with Crippen molar-refractivity contribution in [3.8, 4) is 6.07 Å². The molecule has 0 atom stereocenters. The van der Waals surface area contributed by atoms with Gasteiger partial charge in [0.15, 0.2) is 5.69 Å². The van der Waals surface area contributed by atoms with Crippen LogP contribution in [0.2, 0.25) is 0 Å². The van der Waals surface area contributed by atoms with Crippen molar-refractivity contribution in [2.45, 2.75) is 10.1 Å². The molecule has 2 aromatic heterocycles. The Morgan fingerprint density at radius 1 is 1.28 bits per heavy atom. The number of carboxylic acids is 1. The lowest BCUT2D eigenvalue weighted by atomic mass is 10.3. The maximum atomic E-state index is 10.8. The summed E-state index contributed by atoms with van der Waals surface area (Å²) in [6.07, 6.45) is 4.21. The quantitative estimate of drug-likeness (QED) is 0.892. The van der Waals surface area contributed by atoms with Crippen LogP contribution in [0.5, 0.6) is 0 Å². The van der Waals surface area contributed by atoms with Crippen LogP contribution in [0.4, 0.5) is 0 Å². The number of rotatable bonds is 3. The van der Waals surface area contributed by atoms with Crippen molar-refractivity contribution >= 4 is 17.7 Å². The fourth-order valence-corrected chi connectivity index (χ4v) is 1.86. The first-order chi connectivity index (χ1) is 8.69.